The summed E-state index contributed by atoms with van der Waals surface area (Å²) in [6.45, 7) is 4.07. The van der Waals surface area contributed by atoms with E-state index in [9.17, 15) is 5.11 Å². The average molecular weight is 319 g/mol. The summed E-state index contributed by atoms with van der Waals surface area (Å²) in [4.78, 5) is 3.65. The van der Waals surface area contributed by atoms with Crippen LogP contribution in [0.4, 0.5) is 0 Å². The molecule has 0 amide bonds. The molecule has 0 radical (unpaired) electrons. The lowest BCUT2D eigenvalue weighted by Gasteiger charge is -2.32. The predicted molar refractivity (Wildman–Crippen MR) is 75.2 cm³/mol. The molecule has 17 heavy (non-hydrogen) atoms. The van der Waals surface area contributed by atoms with Gasteiger partial charge in [-0.1, -0.05) is 6.92 Å². The number of nitrogens with two attached hydrogens (primary N) is 1. The van der Waals surface area contributed by atoms with Crippen LogP contribution < -0.4 is 5.73 Å². The topological polar surface area (TPSA) is 49.5 Å². The molecule has 0 aliphatic carbocycles. The standard InChI is InChI=1S/C12H19BrN2OS/c1-8-4-5-15(10(8)7-16)9(6-14)11-2-3-12(13)17-11/h2-3,8-10,16H,4-7,14H2,1H3. The molecule has 0 spiro atoms. The van der Waals surface area contributed by atoms with E-state index >= 15 is 0 Å². The fourth-order valence-electron chi connectivity index (χ4n) is 2.63. The van der Waals surface area contributed by atoms with Gasteiger partial charge in [0, 0.05) is 17.5 Å². The van der Waals surface area contributed by atoms with Crippen LogP contribution in [0.3, 0.4) is 0 Å². The van der Waals surface area contributed by atoms with Crippen LogP contribution in [0.1, 0.15) is 24.3 Å². The van der Waals surface area contributed by atoms with E-state index in [1.807, 2.05) is 0 Å². The van der Waals surface area contributed by atoms with E-state index in [-0.39, 0.29) is 18.7 Å². The molecule has 3 atom stereocenters. The minimum Gasteiger partial charge on any atom is -0.395 e. The Hall–Kier alpha value is 0.0600. The van der Waals surface area contributed by atoms with Gasteiger partial charge >= 0.3 is 0 Å². The van der Waals surface area contributed by atoms with E-state index < -0.39 is 0 Å². The van der Waals surface area contributed by atoms with Crippen LogP contribution in [-0.4, -0.2) is 35.7 Å². The van der Waals surface area contributed by atoms with Gasteiger partial charge in [-0.25, -0.2) is 0 Å². The van der Waals surface area contributed by atoms with E-state index in [1.165, 1.54) is 4.88 Å². The Bertz CT molecular complexity index is 371. The average Bonchev–Trinajstić information content (AvgIpc) is 2.88. The fourth-order valence-corrected chi connectivity index (χ4v) is 4.19. The summed E-state index contributed by atoms with van der Waals surface area (Å²) in [5.74, 6) is 0.553. The number of rotatable bonds is 4. The molecular weight excluding hydrogens is 300 g/mol. The molecule has 5 heteroatoms. The van der Waals surface area contributed by atoms with Gasteiger partial charge in [0.25, 0.3) is 0 Å². The van der Waals surface area contributed by atoms with Crippen molar-refractivity contribution in [2.45, 2.75) is 25.4 Å². The van der Waals surface area contributed by atoms with Crippen LogP contribution in [0.25, 0.3) is 0 Å². The van der Waals surface area contributed by atoms with Gasteiger partial charge in [0.05, 0.1) is 16.4 Å². The maximum absolute atomic E-state index is 9.52. The highest BCUT2D eigenvalue weighted by atomic mass is 79.9. The summed E-state index contributed by atoms with van der Waals surface area (Å²) in [5, 5.41) is 9.52. The van der Waals surface area contributed by atoms with Gasteiger partial charge in [-0.15, -0.1) is 11.3 Å². The molecule has 3 nitrogen and oxygen atoms in total. The van der Waals surface area contributed by atoms with E-state index in [2.05, 4.69) is 39.9 Å². The Morgan fingerprint density at radius 3 is 2.94 bits per heavy atom. The highest BCUT2D eigenvalue weighted by Gasteiger charge is 2.35. The molecule has 96 valence electrons. The highest BCUT2D eigenvalue weighted by Crippen LogP contribution is 2.36. The first kappa shape index (κ1) is 13.5. The SMILES string of the molecule is CC1CCN(C(CN)c2ccc(Br)s2)C1CO. The van der Waals surface area contributed by atoms with Gasteiger partial charge in [0.15, 0.2) is 0 Å². The van der Waals surface area contributed by atoms with E-state index in [0.717, 1.165) is 16.8 Å². The van der Waals surface area contributed by atoms with Crippen molar-refractivity contribution in [3.63, 3.8) is 0 Å². The molecule has 1 aliphatic heterocycles. The largest absolute Gasteiger partial charge is 0.395 e. The number of hydrogen-bond donors (Lipinski definition) is 2. The molecule has 1 aromatic heterocycles. The first-order chi connectivity index (χ1) is 8.17. The molecule has 3 unspecified atom stereocenters. The molecule has 1 aliphatic rings. The van der Waals surface area contributed by atoms with Crippen LogP contribution in [-0.2, 0) is 0 Å². The summed E-state index contributed by atoms with van der Waals surface area (Å²) in [5.41, 5.74) is 5.92. The molecule has 2 rings (SSSR count). The summed E-state index contributed by atoms with van der Waals surface area (Å²) >= 11 is 5.23. The third kappa shape index (κ3) is 2.74. The smallest absolute Gasteiger partial charge is 0.0702 e. The second-order valence-corrected chi connectivity index (χ2v) is 7.14. The van der Waals surface area contributed by atoms with Crippen LogP contribution in [0.5, 0.6) is 0 Å². The monoisotopic (exact) mass is 318 g/mol. The first-order valence-corrected chi connectivity index (χ1v) is 7.60. The third-order valence-corrected chi connectivity index (χ3v) is 5.38. The summed E-state index contributed by atoms with van der Waals surface area (Å²) in [7, 11) is 0. The summed E-state index contributed by atoms with van der Waals surface area (Å²) < 4.78 is 1.14. The molecule has 0 bridgehead atoms. The van der Waals surface area contributed by atoms with Gasteiger partial charge < -0.3 is 10.8 Å². The number of aliphatic hydroxyl groups is 1. The van der Waals surface area contributed by atoms with Crippen molar-refractivity contribution >= 4 is 27.3 Å². The van der Waals surface area contributed by atoms with Crippen LogP contribution in [0, 0.1) is 5.92 Å². The number of nitrogens with zero attached hydrogens (tertiary/aromatic N) is 1. The minimum absolute atomic E-state index is 0.226. The lowest BCUT2D eigenvalue weighted by molar-refractivity contribution is 0.106. The van der Waals surface area contributed by atoms with Crippen molar-refractivity contribution in [3.8, 4) is 0 Å². The molecule has 1 aromatic rings. The number of thiophene rings is 1. The highest BCUT2D eigenvalue weighted by molar-refractivity contribution is 9.11. The lowest BCUT2D eigenvalue weighted by atomic mass is 10.0. The van der Waals surface area contributed by atoms with Crippen molar-refractivity contribution in [2.75, 3.05) is 19.7 Å². The zero-order valence-corrected chi connectivity index (χ0v) is 12.4. The maximum Gasteiger partial charge on any atom is 0.0702 e. The van der Waals surface area contributed by atoms with Gasteiger partial charge in [0.1, 0.15) is 0 Å². The minimum atomic E-state index is 0.226. The van der Waals surface area contributed by atoms with E-state index in [0.29, 0.717) is 12.5 Å². The fraction of sp³-hybridized carbons (Fsp3) is 0.667. The van der Waals surface area contributed by atoms with Crippen molar-refractivity contribution in [1.82, 2.24) is 4.90 Å². The van der Waals surface area contributed by atoms with Gasteiger partial charge in [-0.2, -0.15) is 0 Å². The van der Waals surface area contributed by atoms with Gasteiger partial charge in [0.2, 0.25) is 0 Å². The molecule has 2 heterocycles. The van der Waals surface area contributed by atoms with Crippen molar-refractivity contribution < 1.29 is 5.11 Å². The normalized spacial score (nSPS) is 27.5. The third-order valence-electron chi connectivity index (χ3n) is 3.66. The summed E-state index contributed by atoms with van der Waals surface area (Å²) in [6, 6.07) is 4.69. The molecule has 1 fully saturated rings. The molecule has 0 saturated carbocycles. The maximum atomic E-state index is 9.52. The number of aliphatic hydroxyl groups excluding tert-OH is 1. The van der Waals surface area contributed by atoms with E-state index in [4.69, 9.17) is 5.73 Å². The van der Waals surface area contributed by atoms with Crippen LogP contribution in [0.15, 0.2) is 15.9 Å². The second kappa shape index (κ2) is 5.80. The lowest BCUT2D eigenvalue weighted by Crippen LogP contribution is -2.40. The Morgan fingerprint density at radius 2 is 2.41 bits per heavy atom. The molecular formula is C12H19BrN2OS. The second-order valence-electron chi connectivity index (χ2n) is 4.65. The molecule has 1 saturated heterocycles. The first-order valence-electron chi connectivity index (χ1n) is 5.99. The van der Waals surface area contributed by atoms with Gasteiger partial charge in [-0.05, 0) is 46.9 Å². The van der Waals surface area contributed by atoms with Gasteiger partial charge in [-0.3, -0.25) is 4.90 Å². The summed E-state index contributed by atoms with van der Waals surface area (Å²) in [6.07, 6.45) is 1.15. The van der Waals surface area contributed by atoms with Crippen LogP contribution >= 0.6 is 27.3 Å². The Morgan fingerprint density at radius 1 is 1.65 bits per heavy atom. The molecule has 0 aromatic carbocycles. The van der Waals surface area contributed by atoms with Crippen molar-refractivity contribution in [2.24, 2.45) is 11.7 Å². The zero-order chi connectivity index (χ0) is 12.4. The zero-order valence-electron chi connectivity index (χ0n) is 9.97. The number of halogens is 1. The Balaban J connectivity index is 2.18. The molecule has 3 N–H and O–H groups in total. The number of hydrogen-bond acceptors (Lipinski definition) is 4. The van der Waals surface area contributed by atoms with Crippen molar-refractivity contribution in [3.05, 3.63) is 20.8 Å². The Labute approximate surface area is 115 Å². The Kier molecular flexibility index (Phi) is 4.60. The predicted octanol–water partition coefficient (Wildman–Crippen LogP) is 2.21. The van der Waals surface area contributed by atoms with Crippen LogP contribution in [0.2, 0.25) is 0 Å². The number of likely N-dealkylation sites (tertiary alicyclic amines) is 1. The van der Waals surface area contributed by atoms with Crippen molar-refractivity contribution in [1.29, 1.82) is 0 Å². The van der Waals surface area contributed by atoms with E-state index in [1.54, 1.807) is 11.3 Å². The quantitative estimate of drug-likeness (QED) is 0.895.